The lowest BCUT2D eigenvalue weighted by molar-refractivity contribution is 0.409. The van der Waals surface area contributed by atoms with E-state index in [4.69, 9.17) is 10.00 Å². The third-order valence-electron chi connectivity index (χ3n) is 3.65. The monoisotopic (exact) mass is 335 g/mol. The number of pyridine rings is 1. The molecule has 1 aromatic carbocycles. The van der Waals surface area contributed by atoms with Crippen LogP contribution in [0.1, 0.15) is 16.1 Å². The lowest BCUT2D eigenvalue weighted by Gasteiger charge is -2.24. The number of thiophene rings is 1. The van der Waals surface area contributed by atoms with E-state index in [-0.39, 0.29) is 0 Å². The van der Waals surface area contributed by atoms with Gasteiger partial charge in [-0.15, -0.1) is 11.3 Å². The first kappa shape index (κ1) is 16.0. The molecule has 120 valence electrons. The number of nitrogens with zero attached hydrogens (tertiary/aromatic N) is 3. The molecule has 0 unspecified atom stereocenters. The standard InChI is InChI=1S/C19H17N3OS/c1-23-18-9-3-2-6-15(18)13-22(14-17-8-5-11-24-17)19-10-4-7-16(12-20)21-19/h2-11H,13-14H2,1H3. The topological polar surface area (TPSA) is 49.1 Å². The molecule has 0 fully saturated rings. The van der Waals surface area contributed by atoms with E-state index in [0.717, 1.165) is 23.7 Å². The molecule has 0 aliphatic carbocycles. The molecule has 2 aromatic heterocycles. The number of hydrogen-bond acceptors (Lipinski definition) is 5. The molecular formula is C19H17N3OS. The van der Waals surface area contributed by atoms with Gasteiger partial charge in [-0.05, 0) is 29.6 Å². The second kappa shape index (κ2) is 7.62. The molecule has 3 rings (SSSR count). The van der Waals surface area contributed by atoms with Crippen molar-refractivity contribution in [2.75, 3.05) is 12.0 Å². The second-order valence-corrected chi connectivity index (χ2v) is 6.27. The summed E-state index contributed by atoms with van der Waals surface area (Å²) >= 11 is 1.71. The van der Waals surface area contributed by atoms with Crippen molar-refractivity contribution in [1.29, 1.82) is 5.26 Å². The molecule has 4 nitrogen and oxygen atoms in total. The lowest BCUT2D eigenvalue weighted by atomic mass is 10.2. The number of aromatic nitrogens is 1. The van der Waals surface area contributed by atoms with Crippen molar-refractivity contribution in [3.8, 4) is 11.8 Å². The van der Waals surface area contributed by atoms with Gasteiger partial charge in [-0.1, -0.05) is 30.3 Å². The minimum atomic E-state index is 0.420. The third kappa shape index (κ3) is 3.73. The maximum Gasteiger partial charge on any atom is 0.142 e. The van der Waals surface area contributed by atoms with Gasteiger partial charge in [0, 0.05) is 17.0 Å². The summed E-state index contributed by atoms with van der Waals surface area (Å²) in [7, 11) is 1.68. The Hall–Kier alpha value is -2.84. The molecule has 0 aliphatic heterocycles. The molecule has 0 saturated carbocycles. The number of para-hydroxylation sites is 1. The van der Waals surface area contributed by atoms with E-state index in [2.05, 4.69) is 27.4 Å². The quantitative estimate of drug-likeness (QED) is 0.676. The van der Waals surface area contributed by atoms with Crippen molar-refractivity contribution in [3.05, 3.63) is 76.1 Å². The normalized spacial score (nSPS) is 10.2. The fraction of sp³-hybridized carbons (Fsp3) is 0.158. The van der Waals surface area contributed by atoms with E-state index in [0.29, 0.717) is 12.2 Å². The summed E-state index contributed by atoms with van der Waals surface area (Å²) in [6, 6.07) is 19.7. The molecule has 0 spiro atoms. The zero-order chi connectivity index (χ0) is 16.8. The molecule has 3 aromatic rings. The van der Waals surface area contributed by atoms with Crippen molar-refractivity contribution in [3.63, 3.8) is 0 Å². The summed E-state index contributed by atoms with van der Waals surface area (Å²) < 4.78 is 5.47. The van der Waals surface area contributed by atoms with E-state index in [1.165, 1.54) is 4.88 Å². The van der Waals surface area contributed by atoms with Gasteiger partial charge in [0.25, 0.3) is 0 Å². The van der Waals surface area contributed by atoms with Gasteiger partial charge in [-0.25, -0.2) is 4.98 Å². The van der Waals surface area contributed by atoms with Gasteiger partial charge in [-0.2, -0.15) is 5.26 Å². The van der Waals surface area contributed by atoms with Crippen LogP contribution in [-0.4, -0.2) is 12.1 Å². The van der Waals surface area contributed by atoms with Crippen LogP contribution in [0.25, 0.3) is 0 Å². The van der Waals surface area contributed by atoms with E-state index in [1.807, 2.05) is 42.5 Å². The van der Waals surface area contributed by atoms with Crippen LogP contribution < -0.4 is 9.64 Å². The maximum atomic E-state index is 9.12. The third-order valence-corrected chi connectivity index (χ3v) is 4.51. The predicted molar refractivity (Wildman–Crippen MR) is 96.2 cm³/mol. The molecule has 2 heterocycles. The fourth-order valence-electron chi connectivity index (χ4n) is 2.51. The summed E-state index contributed by atoms with van der Waals surface area (Å²) in [6.45, 7) is 1.39. The molecule has 0 amide bonds. The molecule has 0 radical (unpaired) electrons. The average Bonchev–Trinajstić information content (AvgIpc) is 3.15. The average molecular weight is 335 g/mol. The minimum Gasteiger partial charge on any atom is -0.496 e. The largest absolute Gasteiger partial charge is 0.496 e. The highest BCUT2D eigenvalue weighted by Gasteiger charge is 2.13. The number of anilines is 1. The van der Waals surface area contributed by atoms with E-state index in [9.17, 15) is 0 Å². The van der Waals surface area contributed by atoms with Crippen LogP contribution in [0.4, 0.5) is 5.82 Å². The summed E-state index contributed by atoms with van der Waals surface area (Å²) in [5.41, 5.74) is 1.50. The second-order valence-electron chi connectivity index (χ2n) is 5.24. The summed E-state index contributed by atoms with van der Waals surface area (Å²) in [6.07, 6.45) is 0. The van der Waals surface area contributed by atoms with E-state index >= 15 is 0 Å². The van der Waals surface area contributed by atoms with Crippen molar-refractivity contribution >= 4 is 17.2 Å². The summed E-state index contributed by atoms with van der Waals surface area (Å²) in [5.74, 6) is 1.64. The van der Waals surface area contributed by atoms with Crippen LogP contribution in [-0.2, 0) is 13.1 Å². The molecule has 0 saturated heterocycles. The zero-order valence-electron chi connectivity index (χ0n) is 13.3. The Balaban J connectivity index is 1.94. The summed E-state index contributed by atoms with van der Waals surface area (Å²) in [4.78, 5) is 7.85. The Labute approximate surface area is 145 Å². The number of nitriles is 1. The molecule has 0 bridgehead atoms. The predicted octanol–water partition coefficient (Wildman–Crippen LogP) is 4.23. The van der Waals surface area contributed by atoms with E-state index < -0.39 is 0 Å². The Bertz CT molecular complexity index is 840. The number of benzene rings is 1. The summed E-state index contributed by atoms with van der Waals surface area (Å²) in [5, 5.41) is 11.2. The van der Waals surface area contributed by atoms with Gasteiger partial charge in [0.2, 0.25) is 0 Å². The van der Waals surface area contributed by atoms with Gasteiger partial charge in [0.05, 0.1) is 13.7 Å². The Morgan fingerprint density at radius 2 is 1.96 bits per heavy atom. The van der Waals surface area contributed by atoms with Gasteiger partial charge < -0.3 is 9.64 Å². The van der Waals surface area contributed by atoms with Crippen LogP contribution >= 0.6 is 11.3 Å². The van der Waals surface area contributed by atoms with E-state index in [1.54, 1.807) is 24.5 Å². The minimum absolute atomic E-state index is 0.420. The Morgan fingerprint density at radius 3 is 2.71 bits per heavy atom. The smallest absolute Gasteiger partial charge is 0.142 e. The Kier molecular flexibility index (Phi) is 5.09. The highest BCUT2D eigenvalue weighted by atomic mass is 32.1. The maximum absolute atomic E-state index is 9.12. The van der Waals surface area contributed by atoms with Crippen molar-refractivity contribution in [1.82, 2.24) is 4.98 Å². The molecule has 0 N–H and O–H groups in total. The van der Waals surface area contributed by atoms with Crippen LogP contribution in [0.15, 0.2) is 60.0 Å². The first-order chi connectivity index (χ1) is 11.8. The zero-order valence-corrected chi connectivity index (χ0v) is 14.2. The van der Waals surface area contributed by atoms with Crippen LogP contribution in [0, 0.1) is 11.3 Å². The fourth-order valence-corrected chi connectivity index (χ4v) is 3.23. The highest BCUT2D eigenvalue weighted by Crippen LogP contribution is 2.25. The molecule has 0 atom stereocenters. The molecular weight excluding hydrogens is 318 g/mol. The number of rotatable bonds is 6. The van der Waals surface area contributed by atoms with Crippen LogP contribution in [0.3, 0.4) is 0 Å². The number of hydrogen-bond donors (Lipinski definition) is 0. The lowest BCUT2D eigenvalue weighted by Crippen LogP contribution is -2.23. The van der Waals surface area contributed by atoms with Gasteiger partial charge >= 0.3 is 0 Å². The van der Waals surface area contributed by atoms with Crippen LogP contribution in [0.2, 0.25) is 0 Å². The van der Waals surface area contributed by atoms with Gasteiger partial charge in [-0.3, -0.25) is 0 Å². The molecule has 0 aliphatic rings. The van der Waals surface area contributed by atoms with Crippen molar-refractivity contribution in [2.24, 2.45) is 0 Å². The van der Waals surface area contributed by atoms with Gasteiger partial charge in [0.1, 0.15) is 23.3 Å². The first-order valence-corrected chi connectivity index (χ1v) is 8.44. The number of ether oxygens (including phenoxy) is 1. The first-order valence-electron chi connectivity index (χ1n) is 7.56. The molecule has 24 heavy (non-hydrogen) atoms. The van der Waals surface area contributed by atoms with Gasteiger partial charge in [0.15, 0.2) is 0 Å². The van der Waals surface area contributed by atoms with Crippen molar-refractivity contribution < 1.29 is 4.74 Å². The van der Waals surface area contributed by atoms with Crippen LogP contribution in [0.5, 0.6) is 5.75 Å². The van der Waals surface area contributed by atoms with Crippen molar-refractivity contribution in [2.45, 2.75) is 13.1 Å². The SMILES string of the molecule is COc1ccccc1CN(Cc1cccs1)c1cccc(C#N)n1. The highest BCUT2D eigenvalue weighted by molar-refractivity contribution is 7.09. The number of methoxy groups -OCH3 is 1. The Morgan fingerprint density at radius 1 is 1.08 bits per heavy atom. The molecule has 5 heteroatoms.